The monoisotopic (exact) mass is 442 g/mol. The average molecular weight is 442 g/mol. The van der Waals surface area contributed by atoms with Crippen molar-refractivity contribution in [3.63, 3.8) is 0 Å². The molecule has 11 heteroatoms. The summed E-state index contributed by atoms with van der Waals surface area (Å²) in [5.41, 5.74) is 4.24. The van der Waals surface area contributed by atoms with Gasteiger partial charge in [-0.2, -0.15) is 13.2 Å². The van der Waals surface area contributed by atoms with E-state index in [9.17, 15) is 32.3 Å². The second kappa shape index (κ2) is 7.38. The molecule has 8 nitrogen and oxygen atoms in total. The van der Waals surface area contributed by atoms with Crippen molar-refractivity contribution >= 4 is 29.2 Å². The fraction of sp³-hybridized carbons (Fsp3) is 0.0476. The van der Waals surface area contributed by atoms with Crippen LogP contribution in [0.3, 0.4) is 0 Å². The van der Waals surface area contributed by atoms with Crippen LogP contribution in [0.5, 0.6) is 0 Å². The Hall–Kier alpha value is -4.41. The molecule has 0 bridgehead atoms. The molecule has 1 aliphatic rings. The maximum absolute atomic E-state index is 12.7. The van der Waals surface area contributed by atoms with Crippen molar-refractivity contribution in [1.29, 1.82) is 0 Å². The van der Waals surface area contributed by atoms with Gasteiger partial charge in [0.1, 0.15) is 5.82 Å². The number of hydrogen-bond donors (Lipinski definition) is 3. The maximum Gasteiger partial charge on any atom is 0.416 e. The number of nitrogen functional groups attached to an aromatic ring is 1. The maximum atomic E-state index is 12.7. The number of rotatable bonds is 3. The summed E-state index contributed by atoms with van der Waals surface area (Å²) in [5, 5.41) is 4.58. The van der Waals surface area contributed by atoms with Gasteiger partial charge in [0.2, 0.25) is 0 Å². The van der Waals surface area contributed by atoms with Crippen LogP contribution in [0.25, 0.3) is 5.69 Å². The zero-order valence-corrected chi connectivity index (χ0v) is 16.0. The molecule has 3 amide bonds. The summed E-state index contributed by atoms with van der Waals surface area (Å²) in [4.78, 5) is 49.1. The fourth-order valence-corrected chi connectivity index (χ4v) is 3.31. The minimum absolute atomic E-state index is 0.0490. The van der Waals surface area contributed by atoms with Crippen LogP contribution in [0.1, 0.15) is 36.6 Å². The van der Waals surface area contributed by atoms with E-state index in [2.05, 4.69) is 10.6 Å². The van der Waals surface area contributed by atoms with E-state index in [1.54, 1.807) is 12.1 Å². The number of para-hydroxylation sites is 2. The van der Waals surface area contributed by atoms with E-state index in [0.29, 0.717) is 0 Å². The van der Waals surface area contributed by atoms with Gasteiger partial charge < -0.3 is 11.1 Å². The summed E-state index contributed by atoms with van der Waals surface area (Å²) < 4.78 is 39.2. The number of benzene rings is 2. The molecule has 3 aromatic rings. The molecule has 0 aliphatic carbocycles. The van der Waals surface area contributed by atoms with E-state index >= 15 is 0 Å². The molecular formula is C21H13F3N4O4. The van der Waals surface area contributed by atoms with E-state index in [1.165, 1.54) is 12.1 Å². The van der Waals surface area contributed by atoms with Crippen LogP contribution in [0.4, 0.5) is 24.7 Å². The van der Waals surface area contributed by atoms with Gasteiger partial charge in [0.25, 0.3) is 23.3 Å². The first kappa shape index (κ1) is 20.8. The number of nitrogens with two attached hydrogens (primary N) is 1. The highest BCUT2D eigenvalue weighted by atomic mass is 19.4. The number of nitrogens with one attached hydrogen (secondary N) is 2. The minimum Gasteiger partial charge on any atom is -0.384 e. The van der Waals surface area contributed by atoms with Crippen molar-refractivity contribution in [2.24, 2.45) is 0 Å². The van der Waals surface area contributed by atoms with E-state index in [4.69, 9.17) is 5.73 Å². The summed E-state index contributed by atoms with van der Waals surface area (Å²) in [6.07, 6.45) is -4.54. The average Bonchev–Trinajstić information content (AvgIpc) is 3.02. The smallest absolute Gasteiger partial charge is 0.384 e. The number of anilines is 2. The summed E-state index contributed by atoms with van der Waals surface area (Å²) in [6, 6.07) is 10.5. The zero-order chi connectivity index (χ0) is 23.2. The van der Waals surface area contributed by atoms with Gasteiger partial charge in [-0.15, -0.1) is 0 Å². The number of imide groups is 1. The highest BCUT2D eigenvalue weighted by molar-refractivity contribution is 6.23. The lowest BCUT2D eigenvalue weighted by atomic mass is 10.1. The molecule has 2 aromatic carbocycles. The standard InChI is InChI=1S/C21H13F3N4O4/c22-21(23,24)11-7-5-10(6-8-11)18(30)26-13-3-1-2-4-14(13)28-15(29)9-12-16(17(28)25)20(32)27-19(12)31/h1-9H,25H2,(H,26,30)(H,27,31,32). The molecule has 32 heavy (non-hydrogen) atoms. The largest absolute Gasteiger partial charge is 0.416 e. The first-order valence-corrected chi connectivity index (χ1v) is 9.07. The fourth-order valence-electron chi connectivity index (χ4n) is 3.31. The second-order valence-corrected chi connectivity index (χ2v) is 6.82. The Morgan fingerprint density at radius 2 is 1.62 bits per heavy atom. The molecule has 4 rings (SSSR count). The van der Waals surface area contributed by atoms with E-state index in [1.807, 2.05) is 0 Å². The van der Waals surface area contributed by atoms with Crippen molar-refractivity contribution in [2.75, 3.05) is 11.1 Å². The lowest BCUT2D eigenvalue weighted by Crippen LogP contribution is -2.25. The van der Waals surface area contributed by atoms with Gasteiger partial charge in [-0.25, -0.2) is 0 Å². The second-order valence-electron chi connectivity index (χ2n) is 6.82. The zero-order valence-electron chi connectivity index (χ0n) is 16.0. The van der Waals surface area contributed by atoms with E-state index in [0.717, 1.165) is 34.9 Å². The predicted molar refractivity (Wildman–Crippen MR) is 108 cm³/mol. The number of carbonyl (C=O) groups excluding carboxylic acids is 3. The van der Waals surface area contributed by atoms with Crippen LogP contribution < -0.4 is 21.9 Å². The van der Waals surface area contributed by atoms with Crippen molar-refractivity contribution < 1.29 is 27.6 Å². The van der Waals surface area contributed by atoms with Crippen LogP contribution >= 0.6 is 0 Å². The number of carbonyl (C=O) groups is 3. The quantitative estimate of drug-likeness (QED) is 0.538. The summed E-state index contributed by atoms with van der Waals surface area (Å²) in [6.45, 7) is 0. The number of hydrogen-bond acceptors (Lipinski definition) is 5. The van der Waals surface area contributed by atoms with Crippen LogP contribution in [-0.4, -0.2) is 22.3 Å². The van der Waals surface area contributed by atoms with Crippen LogP contribution in [0.2, 0.25) is 0 Å². The molecule has 0 saturated heterocycles. The summed E-state index contributed by atoms with van der Waals surface area (Å²) in [5.74, 6) is -2.54. The molecule has 0 spiro atoms. The molecule has 0 saturated carbocycles. The number of pyridine rings is 1. The van der Waals surface area contributed by atoms with Crippen LogP contribution in [-0.2, 0) is 6.18 Å². The predicted octanol–water partition coefficient (Wildman–Crippen LogP) is 2.57. The number of nitrogens with zero attached hydrogens (tertiary/aromatic N) is 1. The van der Waals surface area contributed by atoms with Gasteiger partial charge in [-0.1, -0.05) is 12.1 Å². The Balaban J connectivity index is 1.73. The Morgan fingerprint density at radius 3 is 2.28 bits per heavy atom. The molecule has 0 atom stereocenters. The molecule has 0 unspecified atom stereocenters. The number of fused-ring (bicyclic) bond motifs is 1. The Labute approximate surface area is 177 Å². The van der Waals surface area contributed by atoms with Gasteiger partial charge >= 0.3 is 6.18 Å². The van der Waals surface area contributed by atoms with E-state index < -0.39 is 35.0 Å². The number of amides is 3. The molecule has 1 aromatic heterocycles. The van der Waals surface area contributed by atoms with Gasteiger partial charge in [0, 0.05) is 11.6 Å². The van der Waals surface area contributed by atoms with E-state index in [-0.39, 0.29) is 33.9 Å². The minimum atomic E-state index is -4.54. The number of aromatic nitrogens is 1. The normalized spacial score (nSPS) is 13.0. The molecule has 0 fully saturated rings. The molecule has 2 heterocycles. The lowest BCUT2D eigenvalue weighted by Gasteiger charge is -2.16. The van der Waals surface area contributed by atoms with Crippen LogP contribution in [0.15, 0.2) is 59.4 Å². The Kier molecular flexibility index (Phi) is 4.80. The third kappa shape index (κ3) is 3.49. The summed E-state index contributed by atoms with van der Waals surface area (Å²) >= 11 is 0. The van der Waals surface area contributed by atoms with Crippen molar-refractivity contribution in [3.05, 3.63) is 87.2 Å². The first-order valence-electron chi connectivity index (χ1n) is 9.07. The van der Waals surface area contributed by atoms with Crippen molar-refractivity contribution in [2.45, 2.75) is 6.18 Å². The van der Waals surface area contributed by atoms with Crippen LogP contribution in [0, 0.1) is 0 Å². The topological polar surface area (TPSA) is 123 Å². The third-order valence-corrected chi connectivity index (χ3v) is 4.82. The molecule has 1 aliphatic heterocycles. The molecule has 0 radical (unpaired) electrons. The summed E-state index contributed by atoms with van der Waals surface area (Å²) in [7, 11) is 0. The van der Waals surface area contributed by atoms with Gasteiger partial charge in [-0.3, -0.25) is 29.1 Å². The molecule has 4 N–H and O–H groups in total. The van der Waals surface area contributed by atoms with Gasteiger partial charge in [0.05, 0.1) is 28.1 Å². The lowest BCUT2D eigenvalue weighted by molar-refractivity contribution is -0.137. The molecule has 162 valence electrons. The highest BCUT2D eigenvalue weighted by Gasteiger charge is 2.32. The number of halogens is 3. The Bertz CT molecular complexity index is 1340. The molecular weight excluding hydrogens is 429 g/mol. The van der Waals surface area contributed by atoms with Crippen molar-refractivity contribution in [1.82, 2.24) is 9.88 Å². The SMILES string of the molecule is Nc1c2c(cc(=O)n1-c1ccccc1NC(=O)c1ccc(C(F)(F)F)cc1)C(=O)NC2=O. The first-order chi connectivity index (χ1) is 15.1. The van der Waals surface area contributed by atoms with Gasteiger partial charge in [-0.05, 0) is 36.4 Å². The number of alkyl halides is 3. The van der Waals surface area contributed by atoms with Gasteiger partial charge in [0.15, 0.2) is 0 Å². The third-order valence-electron chi connectivity index (χ3n) is 4.82. The Morgan fingerprint density at radius 1 is 0.969 bits per heavy atom. The highest BCUT2D eigenvalue weighted by Crippen LogP contribution is 2.30. The van der Waals surface area contributed by atoms with Crippen molar-refractivity contribution in [3.8, 4) is 5.69 Å².